The highest BCUT2D eigenvalue weighted by Crippen LogP contribution is 2.35. The molecule has 1 aromatic carbocycles. The standard InChI is InChI=1S/C27H27BrF2N2O3/c1-3-20(17-6-4-7-18(29)15-17)25(30)16(2)14-23-22(31-26(33)24-8-5-13-35-24)12-10-19-9-11-21(28)27(34)32(19)23/h3-4,6-7,9,11,15,22-24H,1-2,5,8,10,12-14H2,(H,31,33)/b25-20-. The Kier molecular flexibility index (Phi) is 7.82. The minimum Gasteiger partial charge on any atom is -0.368 e. The molecule has 4 rings (SSSR count). The highest BCUT2D eigenvalue weighted by atomic mass is 79.9. The van der Waals surface area contributed by atoms with E-state index in [9.17, 15) is 14.0 Å². The first-order valence-electron chi connectivity index (χ1n) is 11.6. The van der Waals surface area contributed by atoms with Crippen molar-refractivity contribution in [1.82, 2.24) is 9.88 Å². The van der Waals surface area contributed by atoms with Crippen LogP contribution in [0.2, 0.25) is 0 Å². The summed E-state index contributed by atoms with van der Waals surface area (Å²) in [5.74, 6) is -1.35. The predicted molar refractivity (Wildman–Crippen MR) is 135 cm³/mol. The fraction of sp³-hybridized carbons (Fsp3) is 0.333. The first-order chi connectivity index (χ1) is 16.8. The van der Waals surface area contributed by atoms with Crippen LogP contribution in [0.25, 0.3) is 5.57 Å². The lowest BCUT2D eigenvalue weighted by molar-refractivity contribution is -0.131. The summed E-state index contributed by atoms with van der Waals surface area (Å²) >= 11 is 3.30. The van der Waals surface area contributed by atoms with E-state index in [2.05, 4.69) is 34.4 Å². The van der Waals surface area contributed by atoms with Crippen molar-refractivity contribution in [2.45, 2.75) is 50.3 Å². The lowest BCUT2D eigenvalue weighted by Gasteiger charge is -2.36. The number of hydrogen-bond acceptors (Lipinski definition) is 3. The second-order valence-corrected chi connectivity index (χ2v) is 9.67. The summed E-state index contributed by atoms with van der Waals surface area (Å²) in [6.45, 7) is 8.17. The summed E-state index contributed by atoms with van der Waals surface area (Å²) in [5.41, 5.74) is 1.13. The van der Waals surface area contributed by atoms with E-state index in [-0.39, 0.29) is 29.0 Å². The Morgan fingerprint density at radius 2 is 2.09 bits per heavy atom. The third-order valence-electron chi connectivity index (χ3n) is 6.55. The van der Waals surface area contributed by atoms with Crippen LogP contribution in [0, 0.1) is 5.82 Å². The predicted octanol–water partition coefficient (Wildman–Crippen LogP) is 5.41. The van der Waals surface area contributed by atoms with E-state index >= 15 is 4.39 Å². The number of nitrogens with one attached hydrogen (secondary N) is 1. The number of pyridine rings is 1. The molecule has 1 saturated heterocycles. The molecule has 3 atom stereocenters. The molecule has 3 heterocycles. The number of nitrogens with zero attached hydrogens (tertiary/aromatic N) is 1. The maximum atomic E-state index is 15.6. The zero-order chi connectivity index (χ0) is 25.1. The Balaban J connectivity index is 1.68. The number of benzene rings is 1. The number of carbonyl (C=O) groups excluding carboxylic acids is 1. The van der Waals surface area contributed by atoms with Gasteiger partial charge in [-0.3, -0.25) is 9.59 Å². The van der Waals surface area contributed by atoms with Crippen LogP contribution in [0.1, 0.15) is 43.0 Å². The van der Waals surface area contributed by atoms with Gasteiger partial charge in [-0.25, -0.2) is 8.78 Å². The number of allylic oxidation sites excluding steroid dienone is 4. The highest BCUT2D eigenvalue weighted by molar-refractivity contribution is 9.10. The van der Waals surface area contributed by atoms with Gasteiger partial charge in [0.25, 0.3) is 5.56 Å². The summed E-state index contributed by atoms with van der Waals surface area (Å²) in [7, 11) is 0. The molecule has 2 aliphatic rings. The van der Waals surface area contributed by atoms with Crippen LogP contribution in [0.15, 0.2) is 76.3 Å². The fourth-order valence-corrected chi connectivity index (χ4v) is 5.12. The van der Waals surface area contributed by atoms with Gasteiger partial charge in [0.05, 0.1) is 16.6 Å². The number of hydrogen-bond donors (Lipinski definition) is 1. The first-order valence-corrected chi connectivity index (χ1v) is 12.4. The van der Waals surface area contributed by atoms with Crippen molar-refractivity contribution in [1.29, 1.82) is 0 Å². The van der Waals surface area contributed by atoms with E-state index < -0.39 is 29.8 Å². The van der Waals surface area contributed by atoms with Crippen molar-refractivity contribution < 1.29 is 18.3 Å². The quantitative estimate of drug-likeness (QED) is 0.474. The summed E-state index contributed by atoms with van der Waals surface area (Å²) in [4.78, 5) is 25.9. The Morgan fingerprint density at radius 1 is 1.29 bits per heavy atom. The molecule has 1 amide bonds. The van der Waals surface area contributed by atoms with Crippen molar-refractivity contribution >= 4 is 27.4 Å². The number of aromatic nitrogens is 1. The Hall–Kier alpha value is -2.84. The van der Waals surface area contributed by atoms with Gasteiger partial charge in [-0.1, -0.05) is 31.4 Å². The van der Waals surface area contributed by atoms with Gasteiger partial charge in [-0.2, -0.15) is 0 Å². The average Bonchev–Trinajstić information content (AvgIpc) is 3.38. The summed E-state index contributed by atoms with van der Waals surface area (Å²) < 4.78 is 36.9. The molecular formula is C27H27BrF2N2O3. The minimum atomic E-state index is -0.634. The molecule has 0 aliphatic carbocycles. The van der Waals surface area contributed by atoms with Crippen LogP contribution in [-0.2, 0) is 16.0 Å². The molecule has 0 radical (unpaired) electrons. The lowest BCUT2D eigenvalue weighted by Crippen LogP contribution is -2.50. The van der Waals surface area contributed by atoms with Gasteiger partial charge in [0.2, 0.25) is 5.91 Å². The van der Waals surface area contributed by atoms with Crippen molar-refractivity contribution in [2.75, 3.05) is 6.61 Å². The van der Waals surface area contributed by atoms with Gasteiger partial charge >= 0.3 is 0 Å². The van der Waals surface area contributed by atoms with Crippen LogP contribution >= 0.6 is 15.9 Å². The van der Waals surface area contributed by atoms with Crippen LogP contribution in [0.3, 0.4) is 0 Å². The van der Waals surface area contributed by atoms with Crippen molar-refractivity contribution in [3.05, 3.63) is 98.9 Å². The van der Waals surface area contributed by atoms with Crippen LogP contribution in [-0.4, -0.2) is 29.2 Å². The molecule has 1 aromatic heterocycles. The molecule has 0 spiro atoms. The van der Waals surface area contributed by atoms with E-state index in [0.29, 0.717) is 35.9 Å². The van der Waals surface area contributed by atoms with E-state index in [1.54, 1.807) is 16.7 Å². The number of amides is 1. The molecule has 1 N–H and O–H groups in total. The van der Waals surface area contributed by atoms with Crippen LogP contribution in [0.5, 0.6) is 0 Å². The second-order valence-electron chi connectivity index (χ2n) is 8.82. The topological polar surface area (TPSA) is 60.3 Å². The largest absolute Gasteiger partial charge is 0.368 e. The Bertz CT molecular complexity index is 1250. The van der Waals surface area contributed by atoms with Gasteiger partial charge in [0.15, 0.2) is 0 Å². The fourth-order valence-electron chi connectivity index (χ4n) is 4.79. The summed E-state index contributed by atoms with van der Waals surface area (Å²) in [6.07, 6.45) is 3.51. The number of halogens is 3. The van der Waals surface area contributed by atoms with Gasteiger partial charge in [-0.05, 0) is 83.4 Å². The number of rotatable bonds is 7. The van der Waals surface area contributed by atoms with E-state index in [1.165, 1.54) is 24.3 Å². The molecule has 35 heavy (non-hydrogen) atoms. The molecule has 1 fully saturated rings. The molecule has 184 valence electrons. The van der Waals surface area contributed by atoms with Gasteiger partial charge in [-0.15, -0.1) is 0 Å². The molecular weight excluding hydrogens is 518 g/mol. The zero-order valence-electron chi connectivity index (χ0n) is 19.2. The van der Waals surface area contributed by atoms with Gasteiger partial charge in [0.1, 0.15) is 17.7 Å². The Labute approximate surface area is 211 Å². The third kappa shape index (κ3) is 5.38. The second kappa shape index (κ2) is 10.8. The van der Waals surface area contributed by atoms with Gasteiger partial charge < -0.3 is 14.6 Å². The van der Waals surface area contributed by atoms with Crippen molar-refractivity contribution in [3.8, 4) is 0 Å². The van der Waals surface area contributed by atoms with Gasteiger partial charge in [0, 0.05) is 17.9 Å². The van der Waals surface area contributed by atoms with Crippen LogP contribution < -0.4 is 10.9 Å². The first kappa shape index (κ1) is 25.3. The third-order valence-corrected chi connectivity index (χ3v) is 7.16. The summed E-state index contributed by atoms with van der Waals surface area (Å²) in [6, 6.07) is 8.17. The molecule has 2 aromatic rings. The SMILES string of the molecule is C=C/C(=C(/F)C(=C)CC1C(NC(=O)C2CCCO2)CCc2ccc(Br)c(=O)n21)c1cccc(F)c1. The van der Waals surface area contributed by atoms with Crippen LogP contribution in [0.4, 0.5) is 8.78 Å². The zero-order valence-corrected chi connectivity index (χ0v) is 20.8. The maximum Gasteiger partial charge on any atom is 0.265 e. The number of aryl methyl sites for hydroxylation is 1. The summed E-state index contributed by atoms with van der Waals surface area (Å²) in [5, 5.41) is 3.04. The monoisotopic (exact) mass is 544 g/mol. The molecule has 0 saturated carbocycles. The number of carbonyl (C=O) groups is 1. The number of ether oxygens (including phenoxy) is 1. The van der Waals surface area contributed by atoms with E-state index in [4.69, 9.17) is 4.74 Å². The molecule has 5 nitrogen and oxygen atoms in total. The number of fused-ring (bicyclic) bond motifs is 1. The molecule has 0 bridgehead atoms. The average molecular weight is 545 g/mol. The van der Waals surface area contributed by atoms with E-state index in [1.807, 2.05) is 6.07 Å². The Morgan fingerprint density at radius 3 is 2.77 bits per heavy atom. The molecule has 3 unspecified atom stereocenters. The van der Waals surface area contributed by atoms with E-state index in [0.717, 1.165) is 12.1 Å². The highest BCUT2D eigenvalue weighted by Gasteiger charge is 2.35. The maximum absolute atomic E-state index is 15.6. The molecule has 2 aliphatic heterocycles. The van der Waals surface area contributed by atoms with Crippen molar-refractivity contribution in [3.63, 3.8) is 0 Å². The smallest absolute Gasteiger partial charge is 0.265 e. The molecule has 8 heteroatoms. The minimum absolute atomic E-state index is 0.0678. The lowest BCUT2D eigenvalue weighted by atomic mass is 9.89. The normalized spacial score (nSPS) is 22.2. The van der Waals surface area contributed by atoms with Crippen molar-refractivity contribution in [2.24, 2.45) is 0 Å².